The van der Waals surface area contributed by atoms with Crippen LogP contribution in [0.25, 0.3) is 0 Å². The lowest BCUT2D eigenvalue weighted by atomic mass is 10.0. The van der Waals surface area contributed by atoms with Crippen LogP contribution in [-0.4, -0.2) is 48.8 Å². The number of fused-ring (bicyclic) bond motifs is 2. The molecule has 1 saturated heterocycles. The normalized spacial score (nSPS) is 37.5. The highest BCUT2D eigenvalue weighted by molar-refractivity contribution is 5.77. The van der Waals surface area contributed by atoms with Crippen molar-refractivity contribution >= 4 is 5.91 Å². The van der Waals surface area contributed by atoms with Crippen LogP contribution in [0.3, 0.4) is 0 Å². The van der Waals surface area contributed by atoms with Crippen LogP contribution in [0.5, 0.6) is 0 Å². The Morgan fingerprint density at radius 3 is 2.91 bits per heavy atom. The Balaban J connectivity index is 1.41. The molecule has 0 spiro atoms. The lowest BCUT2D eigenvalue weighted by Gasteiger charge is -2.32. The Morgan fingerprint density at radius 1 is 1.23 bits per heavy atom. The topological polar surface area (TPSA) is 38.8 Å². The van der Waals surface area contributed by atoms with E-state index in [2.05, 4.69) is 17.1 Å². The Morgan fingerprint density at radius 2 is 2.14 bits per heavy atom. The molecule has 4 heteroatoms. The van der Waals surface area contributed by atoms with Crippen LogP contribution in [0, 0.1) is 11.8 Å². The fraction of sp³-hybridized carbons (Fsp3) is 0.833. The number of ether oxygens (including phenoxy) is 2. The first-order valence-electron chi connectivity index (χ1n) is 9.00. The molecule has 1 heterocycles. The van der Waals surface area contributed by atoms with Gasteiger partial charge in [-0.05, 0) is 50.4 Å². The number of hydrogen-bond donors (Lipinski definition) is 0. The minimum atomic E-state index is 0.103. The first kappa shape index (κ1) is 14.7. The first-order chi connectivity index (χ1) is 10.8. The van der Waals surface area contributed by atoms with Crippen molar-refractivity contribution in [2.45, 2.75) is 63.2 Å². The van der Waals surface area contributed by atoms with E-state index in [4.69, 9.17) is 9.47 Å². The van der Waals surface area contributed by atoms with E-state index in [1.807, 2.05) is 0 Å². The van der Waals surface area contributed by atoms with Gasteiger partial charge in [0, 0.05) is 19.6 Å². The zero-order chi connectivity index (χ0) is 14.9. The summed E-state index contributed by atoms with van der Waals surface area (Å²) in [6, 6.07) is 0.240. The van der Waals surface area contributed by atoms with Gasteiger partial charge in [0.25, 0.3) is 0 Å². The standard InChI is InChI=1S/C18H27NO3/c20-17(11-13-3-1-2-4-13)19-9-10-21-16-8-7-15(19)18(16)22-12-14-5-6-14/h1,3,13-16,18H,2,4-12H2/t13-,15+,16+,18+/m1/s1. The maximum Gasteiger partial charge on any atom is 0.223 e. The molecule has 4 atom stereocenters. The fourth-order valence-corrected chi connectivity index (χ4v) is 4.16. The molecule has 22 heavy (non-hydrogen) atoms. The van der Waals surface area contributed by atoms with E-state index in [9.17, 15) is 4.79 Å². The van der Waals surface area contributed by atoms with Gasteiger partial charge in [-0.3, -0.25) is 4.79 Å². The molecule has 1 aliphatic heterocycles. The zero-order valence-corrected chi connectivity index (χ0v) is 13.3. The Bertz CT molecular complexity index is 446. The number of allylic oxidation sites excluding steroid dienone is 2. The minimum Gasteiger partial charge on any atom is -0.374 e. The van der Waals surface area contributed by atoms with E-state index in [1.54, 1.807) is 0 Å². The van der Waals surface area contributed by atoms with Crippen LogP contribution in [0.15, 0.2) is 12.2 Å². The van der Waals surface area contributed by atoms with Gasteiger partial charge in [0.1, 0.15) is 6.10 Å². The van der Waals surface area contributed by atoms with Crippen LogP contribution in [0.1, 0.15) is 44.9 Å². The van der Waals surface area contributed by atoms with Gasteiger partial charge in [-0.1, -0.05) is 12.2 Å². The average molecular weight is 305 g/mol. The summed E-state index contributed by atoms with van der Waals surface area (Å²) in [7, 11) is 0. The van der Waals surface area contributed by atoms with Crippen LogP contribution >= 0.6 is 0 Å². The summed E-state index contributed by atoms with van der Waals surface area (Å²) >= 11 is 0. The maximum atomic E-state index is 12.8. The smallest absolute Gasteiger partial charge is 0.223 e. The van der Waals surface area contributed by atoms with Crippen molar-refractivity contribution in [1.82, 2.24) is 4.90 Å². The largest absolute Gasteiger partial charge is 0.374 e. The van der Waals surface area contributed by atoms with Crippen molar-refractivity contribution in [2.75, 3.05) is 19.8 Å². The predicted octanol–water partition coefficient (Wildman–Crippen LogP) is 2.53. The highest BCUT2D eigenvalue weighted by atomic mass is 16.5. The first-order valence-corrected chi connectivity index (χ1v) is 9.00. The highest BCUT2D eigenvalue weighted by Crippen LogP contribution is 2.36. The third kappa shape index (κ3) is 3.09. The number of carbonyl (C=O) groups excluding carboxylic acids is 1. The molecule has 4 nitrogen and oxygen atoms in total. The van der Waals surface area contributed by atoms with Gasteiger partial charge in [0.15, 0.2) is 0 Å². The molecule has 122 valence electrons. The Hall–Kier alpha value is -0.870. The van der Waals surface area contributed by atoms with Crippen LogP contribution in [-0.2, 0) is 14.3 Å². The van der Waals surface area contributed by atoms with Crippen molar-refractivity contribution in [2.24, 2.45) is 11.8 Å². The van der Waals surface area contributed by atoms with Gasteiger partial charge in [0.05, 0.1) is 18.8 Å². The molecule has 0 aromatic rings. The van der Waals surface area contributed by atoms with Crippen molar-refractivity contribution < 1.29 is 14.3 Å². The molecule has 0 radical (unpaired) electrons. The molecule has 4 rings (SSSR count). The van der Waals surface area contributed by atoms with E-state index < -0.39 is 0 Å². The second-order valence-electron chi connectivity index (χ2n) is 7.35. The summed E-state index contributed by atoms with van der Waals surface area (Å²) in [5.41, 5.74) is 0. The van der Waals surface area contributed by atoms with Crippen molar-refractivity contribution in [3.63, 3.8) is 0 Å². The molecule has 2 bridgehead atoms. The molecule has 0 N–H and O–H groups in total. The molecule has 0 unspecified atom stereocenters. The van der Waals surface area contributed by atoms with Crippen LogP contribution < -0.4 is 0 Å². The Labute approximate surface area is 132 Å². The molecule has 3 fully saturated rings. The predicted molar refractivity (Wildman–Crippen MR) is 83.4 cm³/mol. The second kappa shape index (κ2) is 6.32. The highest BCUT2D eigenvalue weighted by Gasteiger charge is 2.45. The van der Waals surface area contributed by atoms with Gasteiger partial charge in [-0.25, -0.2) is 0 Å². The third-order valence-electron chi connectivity index (χ3n) is 5.65. The summed E-state index contributed by atoms with van der Waals surface area (Å²) in [6.45, 7) is 2.25. The summed E-state index contributed by atoms with van der Waals surface area (Å²) in [6.07, 6.45) is 12.3. The summed E-state index contributed by atoms with van der Waals surface area (Å²) < 4.78 is 12.2. The number of nitrogens with zero attached hydrogens (tertiary/aromatic N) is 1. The molecule has 0 aromatic carbocycles. The van der Waals surface area contributed by atoms with E-state index in [0.717, 1.165) is 44.8 Å². The quantitative estimate of drug-likeness (QED) is 0.733. The summed E-state index contributed by atoms with van der Waals surface area (Å²) in [5, 5.41) is 0. The van der Waals surface area contributed by atoms with Gasteiger partial charge >= 0.3 is 0 Å². The molecule has 2 saturated carbocycles. The van der Waals surface area contributed by atoms with Crippen LogP contribution in [0.4, 0.5) is 0 Å². The fourth-order valence-electron chi connectivity index (χ4n) is 4.16. The minimum absolute atomic E-state index is 0.103. The maximum absolute atomic E-state index is 12.8. The number of rotatable bonds is 5. The number of amides is 1. The van der Waals surface area contributed by atoms with Crippen LogP contribution in [0.2, 0.25) is 0 Å². The molecular formula is C18H27NO3. The number of hydrogen-bond acceptors (Lipinski definition) is 3. The second-order valence-corrected chi connectivity index (χ2v) is 7.35. The SMILES string of the molecule is O=C(C[C@@H]1C=CCC1)N1CCO[C@H]2CC[C@H]1[C@@H]2OCC1CC1. The van der Waals surface area contributed by atoms with E-state index >= 15 is 0 Å². The molecule has 4 aliphatic rings. The average Bonchev–Trinajstić information content (AvgIpc) is 3.08. The van der Waals surface area contributed by atoms with Crippen molar-refractivity contribution in [3.05, 3.63) is 12.2 Å². The van der Waals surface area contributed by atoms with E-state index in [-0.39, 0.29) is 18.2 Å². The number of carbonyl (C=O) groups is 1. The lowest BCUT2D eigenvalue weighted by molar-refractivity contribution is -0.136. The zero-order valence-electron chi connectivity index (χ0n) is 13.3. The molecule has 1 amide bonds. The van der Waals surface area contributed by atoms with Gasteiger partial charge in [0.2, 0.25) is 5.91 Å². The van der Waals surface area contributed by atoms with Crippen molar-refractivity contribution in [3.8, 4) is 0 Å². The monoisotopic (exact) mass is 305 g/mol. The molecular weight excluding hydrogens is 278 g/mol. The van der Waals surface area contributed by atoms with E-state index in [0.29, 0.717) is 24.9 Å². The van der Waals surface area contributed by atoms with Gasteiger partial charge in [-0.2, -0.15) is 0 Å². The lowest BCUT2D eigenvalue weighted by Crippen LogP contribution is -2.47. The summed E-state index contributed by atoms with van der Waals surface area (Å²) in [5.74, 6) is 1.50. The van der Waals surface area contributed by atoms with E-state index in [1.165, 1.54) is 12.8 Å². The Kier molecular flexibility index (Phi) is 4.23. The molecule has 0 aromatic heterocycles. The van der Waals surface area contributed by atoms with Gasteiger partial charge < -0.3 is 14.4 Å². The summed E-state index contributed by atoms with van der Waals surface area (Å²) in [4.78, 5) is 14.9. The van der Waals surface area contributed by atoms with Gasteiger partial charge in [-0.15, -0.1) is 0 Å². The van der Waals surface area contributed by atoms with Crippen molar-refractivity contribution in [1.29, 1.82) is 0 Å². The molecule has 3 aliphatic carbocycles. The third-order valence-corrected chi connectivity index (χ3v) is 5.65.